The second-order valence-corrected chi connectivity index (χ2v) is 5.05. The Balaban J connectivity index is 1.80. The van der Waals surface area contributed by atoms with Gasteiger partial charge in [0.1, 0.15) is 0 Å². The molecule has 4 aromatic rings. The number of fused-ring (bicyclic) bond motifs is 2. The summed E-state index contributed by atoms with van der Waals surface area (Å²) >= 11 is 6.28. The number of aryl methyl sites for hydroxylation is 1. The summed E-state index contributed by atoms with van der Waals surface area (Å²) in [5, 5.41) is 16.1. The number of benzene rings is 1. The molecule has 0 fully saturated rings. The highest BCUT2D eigenvalue weighted by molar-refractivity contribution is 6.35. The predicted molar refractivity (Wildman–Crippen MR) is 80.7 cm³/mol. The van der Waals surface area contributed by atoms with E-state index in [2.05, 4.69) is 30.6 Å². The van der Waals surface area contributed by atoms with Crippen molar-refractivity contribution in [2.24, 2.45) is 7.05 Å². The first kappa shape index (κ1) is 12.1. The van der Waals surface area contributed by atoms with Crippen LogP contribution >= 0.6 is 11.6 Å². The summed E-state index contributed by atoms with van der Waals surface area (Å²) in [6.07, 6.45) is 5.12. The van der Waals surface area contributed by atoms with Crippen molar-refractivity contribution in [3.05, 3.63) is 35.7 Å². The lowest BCUT2D eigenvalue weighted by Crippen LogP contribution is -1.92. The summed E-state index contributed by atoms with van der Waals surface area (Å²) < 4.78 is 1.73. The molecule has 0 unspecified atom stereocenters. The lowest BCUT2D eigenvalue weighted by molar-refractivity contribution is 0.780. The molecule has 0 radical (unpaired) electrons. The number of aromatic nitrogens is 6. The molecule has 104 valence electrons. The summed E-state index contributed by atoms with van der Waals surface area (Å²) in [5.41, 5.74) is 2.92. The third-order valence-corrected chi connectivity index (χ3v) is 3.46. The van der Waals surface area contributed by atoms with Gasteiger partial charge in [0.05, 0.1) is 10.5 Å². The SMILES string of the molecule is Cn1cc2c(Cl)cc(Nc3n[nH]c4nccnc34)cc2n1. The van der Waals surface area contributed by atoms with Crippen LogP contribution in [0.25, 0.3) is 22.1 Å². The topological polar surface area (TPSA) is 84.3 Å². The van der Waals surface area contributed by atoms with Crippen molar-refractivity contribution in [1.82, 2.24) is 29.9 Å². The Hall–Kier alpha value is -2.67. The Morgan fingerprint density at radius 2 is 2.10 bits per heavy atom. The van der Waals surface area contributed by atoms with Gasteiger partial charge >= 0.3 is 0 Å². The van der Waals surface area contributed by atoms with Crippen LogP contribution in [0.5, 0.6) is 0 Å². The van der Waals surface area contributed by atoms with Crippen LogP contribution in [-0.2, 0) is 7.05 Å². The van der Waals surface area contributed by atoms with Gasteiger partial charge in [0.2, 0.25) is 0 Å². The number of hydrogen-bond acceptors (Lipinski definition) is 5. The van der Waals surface area contributed by atoms with Crippen molar-refractivity contribution in [2.45, 2.75) is 0 Å². The Kier molecular flexibility index (Phi) is 2.55. The molecular formula is C13H10ClN7. The maximum absolute atomic E-state index is 6.28. The number of hydrogen-bond donors (Lipinski definition) is 2. The van der Waals surface area contributed by atoms with Crippen LogP contribution in [0.2, 0.25) is 5.02 Å². The third kappa shape index (κ3) is 1.98. The molecule has 8 heteroatoms. The minimum atomic E-state index is 0.601. The number of nitrogens with zero attached hydrogens (tertiary/aromatic N) is 5. The van der Waals surface area contributed by atoms with Crippen LogP contribution in [0, 0.1) is 0 Å². The van der Waals surface area contributed by atoms with Gasteiger partial charge in [-0.3, -0.25) is 9.78 Å². The van der Waals surface area contributed by atoms with Crippen molar-refractivity contribution in [1.29, 1.82) is 0 Å². The Labute approximate surface area is 124 Å². The minimum absolute atomic E-state index is 0.601. The number of anilines is 2. The van der Waals surface area contributed by atoms with Gasteiger partial charge < -0.3 is 5.32 Å². The maximum Gasteiger partial charge on any atom is 0.180 e. The highest BCUT2D eigenvalue weighted by Gasteiger charge is 2.10. The molecule has 0 amide bonds. The van der Waals surface area contributed by atoms with E-state index in [1.165, 1.54) is 0 Å². The molecule has 1 aromatic carbocycles. The lowest BCUT2D eigenvalue weighted by atomic mass is 10.2. The molecule has 0 aliphatic carbocycles. The number of H-pyrrole nitrogens is 1. The van der Waals surface area contributed by atoms with Crippen molar-refractivity contribution in [2.75, 3.05) is 5.32 Å². The molecule has 0 bridgehead atoms. The molecule has 0 saturated carbocycles. The molecule has 2 N–H and O–H groups in total. The van der Waals surface area contributed by atoms with E-state index in [0.29, 0.717) is 22.0 Å². The van der Waals surface area contributed by atoms with E-state index in [1.807, 2.05) is 25.4 Å². The van der Waals surface area contributed by atoms with Crippen LogP contribution in [0.1, 0.15) is 0 Å². The largest absolute Gasteiger partial charge is 0.337 e. The quantitative estimate of drug-likeness (QED) is 0.594. The molecule has 3 aromatic heterocycles. The number of rotatable bonds is 2. The molecule has 4 rings (SSSR count). The van der Waals surface area contributed by atoms with Crippen LogP contribution in [-0.4, -0.2) is 29.9 Å². The zero-order chi connectivity index (χ0) is 14.4. The molecule has 21 heavy (non-hydrogen) atoms. The van der Waals surface area contributed by atoms with E-state index in [-0.39, 0.29) is 0 Å². The van der Waals surface area contributed by atoms with Gasteiger partial charge in [-0.1, -0.05) is 11.6 Å². The third-order valence-electron chi connectivity index (χ3n) is 3.15. The first-order valence-electron chi connectivity index (χ1n) is 6.26. The molecule has 7 nitrogen and oxygen atoms in total. The monoisotopic (exact) mass is 299 g/mol. The average Bonchev–Trinajstić information content (AvgIpc) is 3.03. The predicted octanol–water partition coefficient (Wildman–Crippen LogP) is 2.64. The number of nitrogens with one attached hydrogen (secondary N) is 2. The van der Waals surface area contributed by atoms with Gasteiger partial charge in [-0.2, -0.15) is 10.2 Å². The first-order chi connectivity index (χ1) is 10.2. The van der Waals surface area contributed by atoms with E-state index < -0.39 is 0 Å². The summed E-state index contributed by atoms with van der Waals surface area (Å²) in [6, 6.07) is 3.75. The van der Waals surface area contributed by atoms with Crippen molar-refractivity contribution in [3.8, 4) is 0 Å². The van der Waals surface area contributed by atoms with Crippen LogP contribution in [0.4, 0.5) is 11.5 Å². The minimum Gasteiger partial charge on any atom is -0.337 e. The average molecular weight is 300 g/mol. The van der Waals surface area contributed by atoms with E-state index in [4.69, 9.17) is 11.6 Å². The smallest absolute Gasteiger partial charge is 0.180 e. The van der Waals surface area contributed by atoms with Gasteiger partial charge in [0.25, 0.3) is 0 Å². The van der Waals surface area contributed by atoms with Gasteiger partial charge in [-0.15, -0.1) is 0 Å². The van der Waals surface area contributed by atoms with Crippen molar-refractivity contribution in [3.63, 3.8) is 0 Å². The van der Waals surface area contributed by atoms with Crippen LogP contribution < -0.4 is 5.32 Å². The van der Waals surface area contributed by atoms with Gasteiger partial charge in [-0.05, 0) is 12.1 Å². The molecule has 0 aliphatic heterocycles. The molecule has 0 saturated heterocycles. The summed E-state index contributed by atoms with van der Waals surface area (Å²) in [6.45, 7) is 0. The normalized spacial score (nSPS) is 11.3. The van der Waals surface area contributed by atoms with E-state index in [9.17, 15) is 0 Å². The fourth-order valence-electron chi connectivity index (χ4n) is 2.25. The van der Waals surface area contributed by atoms with E-state index in [1.54, 1.807) is 17.1 Å². The van der Waals surface area contributed by atoms with Gasteiger partial charge in [0, 0.05) is 36.7 Å². The zero-order valence-corrected chi connectivity index (χ0v) is 11.8. The van der Waals surface area contributed by atoms with Gasteiger partial charge in [0.15, 0.2) is 17.0 Å². The highest BCUT2D eigenvalue weighted by atomic mass is 35.5. The van der Waals surface area contributed by atoms with Gasteiger partial charge in [-0.25, -0.2) is 9.97 Å². The summed E-state index contributed by atoms with van der Waals surface area (Å²) in [4.78, 5) is 8.41. The maximum atomic E-state index is 6.28. The number of aromatic amines is 1. The van der Waals surface area contributed by atoms with Crippen molar-refractivity contribution >= 4 is 45.2 Å². The standard InChI is InChI=1S/C13H10ClN7/c1-21-6-8-9(14)4-7(5-10(8)20-21)17-13-11-12(18-19-13)16-3-2-15-11/h2-6H,1H3,(H2,16,17,18,19). The second-order valence-electron chi connectivity index (χ2n) is 4.64. The fourth-order valence-corrected chi connectivity index (χ4v) is 2.51. The Morgan fingerprint density at radius 1 is 1.24 bits per heavy atom. The van der Waals surface area contributed by atoms with E-state index in [0.717, 1.165) is 16.6 Å². The molecule has 0 spiro atoms. The summed E-state index contributed by atoms with van der Waals surface area (Å²) in [7, 11) is 1.86. The molecule has 3 heterocycles. The number of halogens is 1. The first-order valence-corrected chi connectivity index (χ1v) is 6.63. The Morgan fingerprint density at radius 3 is 3.00 bits per heavy atom. The highest BCUT2D eigenvalue weighted by Crippen LogP contribution is 2.29. The van der Waals surface area contributed by atoms with Crippen molar-refractivity contribution < 1.29 is 0 Å². The van der Waals surface area contributed by atoms with Crippen LogP contribution in [0.3, 0.4) is 0 Å². The van der Waals surface area contributed by atoms with Crippen LogP contribution in [0.15, 0.2) is 30.7 Å². The molecular weight excluding hydrogens is 290 g/mol. The fraction of sp³-hybridized carbons (Fsp3) is 0.0769. The zero-order valence-electron chi connectivity index (χ0n) is 11.0. The summed E-state index contributed by atoms with van der Waals surface area (Å²) in [5.74, 6) is 0.601. The lowest BCUT2D eigenvalue weighted by Gasteiger charge is -2.04. The molecule has 0 aliphatic rings. The second kappa shape index (κ2) is 4.42. The Bertz CT molecular complexity index is 956. The molecule has 0 atom stereocenters. The van der Waals surface area contributed by atoms with E-state index >= 15 is 0 Å².